The Morgan fingerprint density at radius 1 is 0.812 bits per heavy atom. The molecule has 0 radical (unpaired) electrons. The van der Waals surface area contributed by atoms with Crippen LogP contribution in [0.25, 0.3) is 0 Å². The summed E-state index contributed by atoms with van der Waals surface area (Å²) in [4.78, 5) is 0. The monoisotopic (exact) mass is 277 g/mol. The summed E-state index contributed by atoms with van der Waals surface area (Å²) in [6.45, 7) is 0. The van der Waals surface area contributed by atoms with Gasteiger partial charge in [-0.15, -0.1) is 5.12 Å². The van der Waals surface area contributed by atoms with Gasteiger partial charge in [-0.25, -0.2) is 0 Å². The predicted octanol–water partition coefficient (Wildman–Crippen LogP) is 3.87. The first-order valence-corrected chi connectivity index (χ1v) is 5.17. The van der Waals surface area contributed by atoms with Crippen LogP contribution in [0.5, 0.6) is 0 Å². The second-order valence-electron chi connectivity index (χ2n) is 2.93. The van der Waals surface area contributed by atoms with Crippen LogP contribution >= 0.6 is 34.8 Å². The van der Waals surface area contributed by atoms with Gasteiger partial charge in [0, 0.05) is 0 Å². The Labute approximate surface area is 104 Å². The molecule has 2 aliphatic rings. The third kappa shape index (κ3) is 1.16. The number of rotatable bonds is 0. The predicted molar refractivity (Wildman–Crippen MR) is 60.9 cm³/mol. The van der Waals surface area contributed by atoms with Gasteiger partial charge in [0.05, 0.1) is 15.1 Å². The number of hydrogen-bond acceptors (Lipinski definition) is 7. The van der Waals surface area contributed by atoms with E-state index in [1.165, 1.54) is 5.12 Å². The fraction of sp³-hybridized carbons (Fsp3) is 0. The number of anilines is 3. The molecule has 0 saturated carbocycles. The van der Waals surface area contributed by atoms with Crippen LogP contribution in [0.1, 0.15) is 0 Å². The zero-order valence-electron chi connectivity index (χ0n) is 7.37. The Morgan fingerprint density at radius 2 is 1.31 bits per heavy atom. The van der Waals surface area contributed by atoms with E-state index in [0.29, 0.717) is 17.1 Å². The summed E-state index contributed by atoms with van der Waals surface area (Å²) in [5.41, 5.74) is 6.77. The number of hydrogen-bond donors (Lipinski definition) is 2. The molecular formula is C6H2Cl3N7. The highest BCUT2D eigenvalue weighted by Crippen LogP contribution is 2.51. The molecule has 2 aliphatic heterocycles. The molecule has 0 aliphatic carbocycles. The summed E-state index contributed by atoms with van der Waals surface area (Å²) in [5, 5.41) is 16.5. The Bertz CT molecular complexity index is 496. The van der Waals surface area contributed by atoms with E-state index in [1.54, 1.807) is 0 Å². The van der Waals surface area contributed by atoms with Crippen LogP contribution in [0.3, 0.4) is 0 Å². The summed E-state index contributed by atoms with van der Waals surface area (Å²) in [6.07, 6.45) is 0. The molecule has 16 heavy (non-hydrogen) atoms. The van der Waals surface area contributed by atoms with Gasteiger partial charge in [0.2, 0.25) is 0 Å². The Hall–Kier alpha value is -1.31. The van der Waals surface area contributed by atoms with E-state index in [2.05, 4.69) is 31.7 Å². The van der Waals surface area contributed by atoms with Gasteiger partial charge in [-0.05, 0) is 20.9 Å². The summed E-state index contributed by atoms with van der Waals surface area (Å²) >= 11 is 18.0. The van der Waals surface area contributed by atoms with Gasteiger partial charge < -0.3 is 0 Å². The molecule has 0 saturated heterocycles. The average Bonchev–Trinajstić information content (AvgIpc) is 2.33. The maximum atomic E-state index is 6.03. The fourth-order valence-electron chi connectivity index (χ4n) is 1.39. The molecule has 0 spiro atoms. The minimum atomic E-state index is 0.214. The molecule has 10 heteroatoms. The second kappa shape index (κ2) is 3.34. The van der Waals surface area contributed by atoms with Crippen LogP contribution in [0.2, 0.25) is 15.1 Å². The Morgan fingerprint density at radius 3 is 1.81 bits per heavy atom. The highest BCUT2D eigenvalue weighted by atomic mass is 35.5. The zero-order chi connectivity index (χ0) is 11.3. The van der Waals surface area contributed by atoms with Crippen molar-refractivity contribution in [1.82, 2.24) is 0 Å². The number of halogens is 3. The molecule has 1 aromatic carbocycles. The zero-order valence-corrected chi connectivity index (χ0v) is 9.64. The van der Waals surface area contributed by atoms with Gasteiger partial charge in [-0.1, -0.05) is 34.8 Å². The third-order valence-corrected chi connectivity index (χ3v) is 3.41. The Balaban J connectivity index is 2.38. The fourth-order valence-corrected chi connectivity index (χ4v) is 2.08. The first kappa shape index (κ1) is 9.88. The lowest BCUT2D eigenvalue weighted by molar-refractivity contribution is 0.749. The summed E-state index contributed by atoms with van der Waals surface area (Å²) < 4.78 is 0. The molecule has 2 N–H and O–H groups in total. The van der Waals surface area contributed by atoms with E-state index in [1.807, 2.05) is 0 Å². The maximum Gasteiger partial charge on any atom is 0.142 e. The van der Waals surface area contributed by atoms with E-state index in [0.717, 1.165) is 0 Å². The van der Waals surface area contributed by atoms with Crippen molar-refractivity contribution in [3.8, 4) is 0 Å². The standard InChI is InChI=1S/C6H2Cl3N7/c7-1-2(8)4-6-5(3(1)9)11-13-15-16(6)14-12-10-4/h(H,10,14)(H,11,15). The summed E-state index contributed by atoms with van der Waals surface area (Å²) in [7, 11) is 0. The number of nitrogens with zero attached hydrogens (tertiary/aromatic N) is 5. The quantitative estimate of drug-likeness (QED) is 0.707. The van der Waals surface area contributed by atoms with Crippen molar-refractivity contribution in [2.24, 2.45) is 20.9 Å². The molecule has 2 heterocycles. The van der Waals surface area contributed by atoms with Crippen molar-refractivity contribution in [2.45, 2.75) is 0 Å². The van der Waals surface area contributed by atoms with Gasteiger partial charge in [-0.2, -0.15) is 0 Å². The first-order valence-electron chi connectivity index (χ1n) is 4.04. The van der Waals surface area contributed by atoms with Crippen molar-refractivity contribution >= 4 is 51.9 Å². The molecule has 0 amide bonds. The molecule has 7 nitrogen and oxygen atoms in total. The molecule has 0 unspecified atom stereocenters. The minimum absolute atomic E-state index is 0.214. The second-order valence-corrected chi connectivity index (χ2v) is 4.07. The van der Waals surface area contributed by atoms with Crippen LogP contribution in [0, 0.1) is 0 Å². The van der Waals surface area contributed by atoms with Crippen molar-refractivity contribution in [1.29, 1.82) is 0 Å². The largest absolute Gasteiger partial charge is 0.254 e. The van der Waals surface area contributed by atoms with E-state index in [4.69, 9.17) is 34.8 Å². The lowest BCUT2D eigenvalue weighted by atomic mass is 10.2. The SMILES string of the molecule is Clc1c(Cl)c2c3c(c1Cl)NN=NN3N=NN2. The van der Waals surface area contributed by atoms with E-state index in [9.17, 15) is 0 Å². The summed E-state index contributed by atoms with van der Waals surface area (Å²) in [5.74, 6) is 0. The van der Waals surface area contributed by atoms with Crippen LogP contribution < -0.4 is 16.0 Å². The Kier molecular flexibility index (Phi) is 2.06. The van der Waals surface area contributed by atoms with E-state index >= 15 is 0 Å². The van der Waals surface area contributed by atoms with Gasteiger partial charge in [0.1, 0.15) is 17.1 Å². The van der Waals surface area contributed by atoms with Crippen molar-refractivity contribution in [2.75, 3.05) is 16.0 Å². The van der Waals surface area contributed by atoms with Gasteiger partial charge in [0.25, 0.3) is 0 Å². The van der Waals surface area contributed by atoms with Crippen LogP contribution in [-0.4, -0.2) is 0 Å². The molecule has 0 bridgehead atoms. The maximum absolute atomic E-state index is 6.03. The minimum Gasteiger partial charge on any atom is -0.254 e. The molecular weight excluding hydrogens is 276 g/mol. The lowest BCUT2D eigenvalue weighted by Gasteiger charge is -2.25. The van der Waals surface area contributed by atoms with Gasteiger partial charge in [-0.3, -0.25) is 10.9 Å². The van der Waals surface area contributed by atoms with Gasteiger partial charge in [0.15, 0.2) is 0 Å². The van der Waals surface area contributed by atoms with Crippen molar-refractivity contribution in [3.63, 3.8) is 0 Å². The third-order valence-electron chi connectivity index (χ3n) is 2.08. The summed E-state index contributed by atoms with van der Waals surface area (Å²) in [6, 6.07) is 0. The molecule has 0 atom stereocenters. The normalized spacial score (nSPS) is 15.6. The number of nitrogens with one attached hydrogen (secondary N) is 2. The van der Waals surface area contributed by atoms with Crippen molar-refractivity contribution in [3.05, 3.63) is 15.1 Å². The number of benzene rings is 1. The molecule has 0 fully saturated rings. The van der Waals surface area contributed by atoms with Crippen LogP contribution in [0.4, 0.5) is 17.1 Å². The van der Waals surface area contributed by atoms with Crippen LogP contribution in [-0.2, 0) is 0 Å². The topological polar surface area (TPSA) is 76.7 Å². The first-order chi connectivity index (χ1) is 7.70. The highest BCUT2D eigenvalue weighted by Gasteiger charge is 2.30. The molecule has 0 aromatic heterocycles. The van der Waals surface area contributed by atoms with Crippen molar-refractivity contribution < 1.29 is 0 Å². The molecule has 1 aromatic rings. The van der Waals surface area contributed by atoms with Gasteiger partial charge >= 0.3 is 0 Å². The molecule has 3 rings (SSSR count). The average molecular weight is 278 g/mol. The lowest BCUT2D eigenvalue weighted by Crippen LogP contribution is -2.19. The van der Waals surface area contributed by atoms with Crippen LogP contribution in [0.15, 0.2) is 20.9 Å². The smallest absolute Gasteiger partial charge is 0.142 e. The van der Waals surface area contributed by atoms with E-state index < -0.39 is 0 Å². The highest BCUT2D eigenvalue weighted by molar-refractivity contribution is 6.51. The molecule has 82 valence electrons. The van der Waals surface area contributed by atoms with E-state index in [-0.39, 0.29) is 15.1 Å².